The Bertz CT molecular complexity index is 354. The molecule has 2 rings (SSSR count). The lowest BCUT2D eigenvalue weighted by Gasteiger charge is -2.33. The molecule has 1 aromatic rings. The molecule has 1 unspecified atom stereocenters. The van der Waals surface area contributed by atoms with Gasteiger partial charge in [-0.05, 0) is 55.7 Å². The minimum atomic E-state index is 0.706. The molecule has 1 heterocycles. The number of nitrogens with one attached hydrogen (secondary N) is 2. The fourth-order valence-electron chi connectivity index (χ4n) is 2.74. The number of piperidine rings is 1. The second-order valence-corrected chi connectivity index (χ2v) is 5.47. The van der Waals surface area contributed by atoms with Gasteiger partial charge in [0.15, 0.2) is 0 Å². The van der Waals surface area contributed by atoms with Crippen molar-refractivity contribution in [2.45, 2.75) is 19.3 Å². The summed E-state index contributed by atoms with van der Waals surface area (Å²) in [5.41, 5.74) is 2.98. The third-order valence-corrected chi connectivity index (χ3v) is 4.14. The van der Waals surface area contributed by atoms with Crippen LogP contribution in [0.3, 0.4) is 0 Å². The molecule has 1 aliphatic rings. The van der Waals surface area contributed by atoms with Crippen LogP contribution in [0.15, 0.2) is 24.3 Å². The first-order chi connectivity index (χ1) is 8.33. The molecule has 2 N–H and O–H groups in total. The second kappa shape index (κ2) is 6.43. The Kier molecular flexibility index (Phi) is 4.89. The van der Waals surface area contributed by atoms with Crippen molar-refractivity contribution >= 4 is 11.9 Å². The molecule has 2 atom stereocenters. The third kappa shape index (κ3) is 3.24. The topological polar surface area (TPSA) is 24.1 Å². The SMILES string of the molecule is CSNCC1CNCC[C@@H]1c1ccccc1C. The summed E-state index contributed by atoms with van der Waals surface area (Å²) in [5, 5.41) is 3.51. The molecule has 0 aliphatic carbocycles. The molecule has 0 saturated carbocycles. The van der Waals surface area contributed by atoms with E-state index in [4.69, 9.17) is 0 Å². The van der Waals surface area contributed by atoms with E-state index in [1.54, 1.807) is 17.5 Å². The smallest absolute Gasteiger partial charge is 0.0105 e. The zero-order valence-corrected chi connectivity index (χ0v) is 11.5. The van der Waals surface area contributed by atoms with Crippen molar-refractivity contribution in [3.8, 4) is 0 Å². The van der Waals surface area contributed by atoms with Crippen LogP contribution in [0.5, 0.6) is 0 Å². The standard InChI is InChI=1S/C14H22N2S/c1-11-5-3-4-6-13(11)14-7-8-15-9-12(14)10-16-17-2/h3-6,12,14-16H,7-10H2,1-2H3/t12?,14-/m0/s1. The summed E-state index contributed by atoms with van der Waals surface area (Å²) >= 11 is 1.72. The lowest BCUT2D eigenvalue weighted by atomic mass is 9.79. The summed E-state index contributed by atoms with van der Waals surface area (Å²) in [6.07, 6.45) is 3.35. The highest BCUT2D eigenvalue weighted by Gasteiger charge is 2.26. The molecule has 17 heavy (non-hydrogen) atoms. The van der Waals surface area contributed by atoms with Crippen molar-refractivity contribution in [3.05, 3.63) is 35.4 Å². The van der Waals surface area contributed by atoms with Crippen molar-refractivity contribution in [2.24, 2.45) is 5.92 Å². The summed E-state index contributed by atoms with van der Waals surface area (Å²) in [6.45, 7) is 5.60. The normalized spacial score (nSPS) is 24.8. The van der Waals surface area contributed by atoms with Gasteiger partial charge in [-0.2, -0.15) is 0 Å². The van der Waals surface area contributed by atoms with Gasteiger partial charge >= 0.3 is 0 Å². The van der Waals surface area contributed by atoms with E-state index in [1.807, 2.05) is 0 Å². The minimum absolute atomic E-state index is 0.706. The Labute approximate surface area is 109 Å². The van der Waals surface area contributed by atoms with Crippen molar-refractivity contribution in [1.82, 2.24) is 10.0 Å². The van der Waals surface area contributed by atoms with E-state index in [0.29, 0.717) is 11.8 Å². The van der Waals surface area contributed by atoms with Gasteiger partial charge in [-0.25, -0.2) is 0 Å². The third-order valence-electron chi connectivity index (χ3n) is 3.69. The molecule has 0 spiro atoms. The second-order valence-electron chi connectivity index (χ2n) is 4.77. The monoisotopic (exact) mass is 250 g/mol. The van der Waals surface area contributed by atoms with Gasteiger partial charge in [0.1, 0.15) is 0 Å². The molecule has 0 amide bonds. The van der Waals surface area contributed by atoms with E-state index >= 15 is 0 Å². The van der Waals surface area contributed by atoms with E-state index in [0.717, 1.165) is 19.6 Å². The number of hydrogen-bond donors (Lipinski definition) is 2. The highest BCUT2D eigenvalue weighted by atomic mass is 32.2. The Morgan fingerprint density at radius 1 is 1.41 bits per heavy atom. The van der Waals surface area contributed by atoms with Crippen molar-refractivity contribution in [2.75, 3.05) is 25.9 Å². The first kappa shape index (κ1) is 12.9. The first-order valence-corrected chi connectivity index (χ1v) is 7.57. The summed E-state index contributed by atoms with van der Waals surface area (Å²) in [7, 11) is 0. The maximum absolute atomic E-state index is 3.51. The molecular formula is C14H22N2S. The van der Waals surface area contributed by atoms with Gasteiger partial charge in [0.2, 0.25) is 0 Å². The molecule has 0 radical (unpaired) electrons. The Balaban J connectivity index is 2.13. The van der Waals surface area contributed by atoms with Gasteiger partial charge < -0.3 is 5.32 Å². The van der Waals surface area contributed by atoms with Gasteiger partial charge in [0, 0.05) is 6.54 Å². The average Bonchev–Trinajstić information content (AvgIpc) is 2.37. The van der Waals surface area contributed by atoms with E-state index in [9.17, 15) is 0 Å². The van der Waals surface area contributed by atoms with Crippen LogP contribution in [-0.2, 0) is 0 Å². The molecule has 1 fully saturated rings. The van der Waals surface area contributed by atoms with Crippen LogP contribution >= 0.6 is 11.9 Å². The van der Waals surface area contributed by atoms with Crippen LogP contribution in [0, 0.1) is 12.8 Å². The molecule has 1 aromatic carbocycles. The highest BCUT2D eigenvalue weighted by molar-refractivity contribution is 7.96. The maximum atomic E-state index is 3.51. The van der Waals surface area contributed by atoms with E-state index in [1.165, 1.54) is 12.0 Å². The van der Waals surface area contributed by atoms with Gasteiger partial charge in [0.05, 0.1) is 0 Å². The predicted octanol–water partition coefficient (Wildman–Crippen LogP) is 2.56. The fraction of sp³-hybridized carbons (Fsp3) is 0.571. The number of rotatable bonds is 4. The average molecular weight is 250 g/mol. The van der Waals surface area contributed by atoms with Crippen LogP contribution in [0.1, 0.15) is 23.5 Å². The van der Waals surface area contributed by atoms with Gasteiger partial charge in [-0.1, -0.05) is 36.2 Å². The van der Waals surface area contributed by atoms with E-state index in [2.05, 4.69) is 47.5 Å². The van der Waals surface area contributed by atoms with Crippen LogP contribution in [-0.4, -0.2) is 25.9 Å². The summed E-state index contributed by atoms with van der Waals surface area (Å²) in [4.78, 5) is 0. The van der Waals surface area contributed by atoms with E-state index < -0.39 is 0 Å². The molecule has 0 bridgehead atoms. The number of hydrogen-bond acceptors (Lipinski definition) is 3. The lowest BCUT2D eigenvalue weighted by Crippen LogP contribution is -2.39. The Morgan fingerprint density at radius 3 is 3.00 bits per heavy atom. The van der Waals surface area contributed by atoms with Gasteiger partial charge in [0.25, 0.3) is 0 Å². The van der Waals surface area contributed by atoms with Crippen LogP contribution in [0.2, 0.25) is 0 Å². The van der Waals surface area contributed by atoms with E-state index in [-0.39, 0.29) is 0 Å². The lowest BCUT2D eigenvalue weighted by molar-refractivity contribution is 0.327. The quantitative estimate of drug-likeness (QED) is 0.803. The molecule has 0 aromatic heterocycles. The zero-order valence-electron chi connectivity index (χ0n) is 10.7. The summed E-state index contributed by atoms with van der Waals surface area (Å²) < 4.78 is 3.41. The maximum Gasteiger partial charge on any atom is 0.0105 e. The predicted molar refractivity (Wildman–Crippen MR) is 76.4 cm³/mol. The largest absolute Gasteiger partial charge is 0.316 e. The minimum Gasteiger partial charge on any atom is -0.316 e. The van der Waals surface area contributed by atoms with Crippen LogP contribution in [0.25, 0.3) is 0 Å². The number of aryl methyl sites for hydroxylation is 1. The Hall–Kier alpha value is -0.510. The number of benzene rings is 1. The first-order valence-electron chi connectivity index (χ1n) is 6.35. The molecule has 94 valence electrons. The summed E-state index contributed by atoms with van der Waals surface area (Å²) in [5.74, 6) is 1.41. The van der Waals surface area contributed by atoms with Gasteiger partial charge in [-0.3, -0.25) is 4.72 Å². The van der Waals surface area contributed by atoms with Crippen LogP contribution in [0.4, 0.5) is 0 Å². The highest BCUT2D eigenvalue weighted by Crippen LogP contribution is 2.32. The molecule has 2 nitrogen and oxygen atoms in total. The zero-order chi connectivity index (χ0) is 12.1. The molecule has 1 aliphatic heterocycles. The molecule has 1 saturated heterocycles. The molecule has 3 heteroatoms. The fourth-order valence-corrected chi connectivity index (χ4v) is 3.12. The van der Waals surface area contributed by atoms with Crippen molar-refractivity contribution in [1.29, 1.82) is 0 Å². The van der Waals surface area contributed by atoms with Crippen LogP contribution < -0.4 is 10.0 Å². The van der Waals surface area contributed by atoms with Crippen molar-refractivity contribution in [3.63, 3.8) is 0 Å². The van der Waals surface area contributed by atoms with Gasteiger partial charge in [-0.15, -0.1) is 0 Å². The Morgan fingerprint density at radius 2 is 2.24 bits per heavy atom. The summed E-state index contributed by atoms with van der Waals surface area (Å²) in [6, 6.07) is 8.84. The molecular weight excluding hydrogens is 228 g/mol. The van der Waals surface area contributed by atoms with Crippen molar-refractivity contribution < 1.29 is 0 Å².